The van der Waals surface area contributed by atoms with Crippen molar-refractivity contribution in [1.29, 1.82) is 0 Å². The Bertz CT molecular complexity index is 642. The summed E-state index contributed by atoms with van der Waals surface area (Å²) in [5.74, 6) is 0. The summed E-state index contributed by atoms with van der Waals surface area (Å²) < 4.78 is 0. The van der Waals surface area contributed by atoms with Crippen molar-refractivity contribution < 1.29 is 5.11 Å². The molecule has 0 radical (unpaired) electrons. The van der Waals surface area contributed by atoms with Gasteiger partial charge in [0.05, 0.1) is 6.10 Å². The molecule has 0 aliphatic heterocycles. The summed E-state index contributed by atoms with van der Waals surface area (Å²) in [4.78, 5) is 3.23. The van der Waals surface area contributed by atoms with Crippen LogP contribution < -0.4 is 0 Å². The van der Waals surface area contributed by atoms with Crippen LogP contribution in [0.4, 0.5) is 0 Å². The van der Waals surface area contributed by atoms with Gasteiger partial charge < -0.3 is 10.1 Å². The third-order valence-electron chi connectivity index (χ3n) is 3.27. The number of H-pyrrole nitrogens is 1. The van der Waals surface area contributed by atoms with Crippen molar-refractivity contribution in [2.45, 2.75) is 12.5 Å². The van der Waals surface area contributed by atoms with Crippen LogP contribution in [0.2, 0.25) is 0 Å². The summed E-state index contributed by atoms with van der Waals surface area (Å²) in [5.41, 5.74) is 3.23. The molecule has 90 valence electrons. The van der Waals surface area contributed by atoms with Crippen molar-refractivity contribution in [1.82, 2.24) is 4.98 Å². The molecule has 0 aliphatic rings. The Morgan fingerprint density at radius 2 is 1.67 bits per heavy atom. The first-order valence-electron chi connectivity index (χ1n) is 6.12. The van der Waals surface area contributed by atoms with Crippen LogP contribution >= 0.6 is 0 Å². The van der Waals surface area contributed by atoms with Gasteiger partial charge in [0.25, 0.3) is 0 Å². The van der Waals surface area contributed by atoms with Crippen molar-refractivity contribution in [3.05, 3.63) is 71.9 Å². The number of para-hydroxylation sites is 1. The lowest BCUT2D eigenvalue weighted by Crippen LogP contribution is -2.00. The molecule has 2 nitrogen and oxygen atoms in total. The topological polar surface area (TPSA) is 36.0 Å². The first kappa shape index (κ1) is 11.1. The zero-order chi connectivity index (χ0) is 12.4. The van der Waals surface area contributed by atoms with Crippen LogP contribution in [-0.4, -0.2) is 10.1 Å². The molecule has 0 aliphatic carbocycles. The number of aromatic nitrogens is 1. The van der Waals surface area contributed by atoms with Crippen LogP contribution in [0, 0.1) is 0 Å². The quantitative estimate of drug-likeness (QED) is 0.719. The molecule has 3 rings (SSSR count). The second-order valence-corrected chi connectivity index (χ2v) is 4.49. The van der Waals surface area contributed by atoms with Crippen LogP contribution in [0.3, 0.4) is 0 Å². The average Bonchev–Trinajstić information content (AvgIpc) is 2.83. The highest BCUT2D eigenvalue weighted by Gasteiger charge is 2.11. The molecule has 2 N–H and O–H groups in total. The SMILES string of the molecule is OC(Cc1c[nH]c2ccccc12)c1ccccc1. The fraction of sp³-hybridized carbons (Fsp3) is 0.125. The molecular weight excluding hydrogens is 222 g/mol. The molecule has 2 heteroatoms. The van der Waals surface area contributed by atoms with Gasteiger partial charge in [0.15, 0.2) is 0 Å². The number of benzene rings is 2. The molecule has 0 spiro atoms. The summed E-state index contributed by atoms with van der Waals surface area (Å²) in [5, 5.41) is 11.4. The first-order valence-corrected chi connectivity index (χ1v) is 6.12. The maximum absolute atomic E-state index is 10.2. The zero-order valence-corrected chi connectivity index (χ0v) is 10.0. The van der Waals surface area contributed by atoms with Crippen LogP contribution in [-0.2, 0) is 6.42 Å². The van der Waals surface area contributed by atoms with E-state index in [1.807, 2.05) is 54.7 Å². The van der Waals surface area contributed by atoms with Gasteiger partial charge in [-0.25, -0.2) is 0 Å². The van der Waals surface area contributed by atoms with E-state index in [0.29, 0.717) is 6.42 Å². The summed E-state index contributed by atoms with van der Waals surface area (Å²) >= 11 is 0. The molecule has 1 aromatic heterocycles. The molecule has 2 aromatic carbocycles. The van der Waals surface area contributed by atoms with Crippen LogP contribution in [0.1, 0.15) is 17.2 Å². The van der Waals surface area contributed by atoms with Gasteiger partial charge in [-0.15, -0.1) is 0 Å². The molecule has 3 aromatic rings. The summed E-state index contributed by atoms with van der Waals surface area (Å²) in [6.45, 7) is 0. The largest absolute Gasteiger partial charge is 0.388 e. The van der Waals surface area contributed by atoms with E-state index in [-0.39, 0.29) is 0 Å². The van der Waals surface area contributed by atoms with E-state index in [1.165, 1.54) is 5.39 Å². The summed E-state index contributed by atoms with van der Waals surface area (Å²) in [6.07, 6.45) is 2.16. The highest BCUT2D eigenvalue weighted by molar-refractivity contribution is 5.83. The molecule has 1 heterocycles. The molecule has 0 bridgehead atoms. The van der Waals surface area contributed by atoms with Gasteiger partial charge in [-0.3, -0.25) is 0 Å². The van der Waals surface area contributed by atoms with E-state index in [9.17, 15) is 5.11 Å². The Balaban J connectivity index is 1.89. The van der Waals surface area contributed by atoms with E-state index in [2.05, 4.69) is 11.1 Å². The normalized spacial score (nSPS) is 12.7. The fourth-order valence-corrected chi connectivity index (χ4v) is 2.30. The van der Waals surface area contributed by atoms with E-state index >= 15 is 0 Å². The van der Waals surface area contributed by atoms with E-state index in [0.717, 1.165) is 16.6 Å². The Morgan fingerprint density at radius 3 is 2.50 bits per heavy atom. The Hall–Kier alpha value is -2.06. The lowest BCUT2D eigenvalue weighted by Gasteiger charge is -2.10. The number of aliphatic hydroxyl groups excluding tert-OH is 1. The van der Waals surface area contributed by atoms with Crippen LogP contribution in [0.25, 0.3) is 10.9 Å². The minimum Gasteiger partial charge on any atom is -0.388 e. The third kappa shape index (κ3) is 2.03. The highest BCUT2D eigenvalue weighted by atomic mass is 16.3. The molecule has 0 amide bonds. The predicted molar refractivity (Wildman–Crippen MR) is 73.4 cm³/mol. The van der Waals surface area contributed by atoms with Gasteiger partial charge in [0.1, 0.15) is 0 Å². The van der Waals surface area contributed by atoms with Gasteiger partial charge in [0, 0.05) is 23.5 Å². The highest BCUT2D eigenvalue weighted by Crippen LogP contribution is 2.24. The standard InChI is InChI=1S/C16H15NO/c18-16(12-6-2-1-3-7-12)10-13-11-17-15-9-5-4-8-14(13)15/h1-9,11,16-18H,10H2. The second kappa shape index (κ2) is 4.67. The Kier molecular flexibility index (Phi) is 2.87. The maximum Gasteiger partial charge on any atom is 0.0831 e. The lowest BCUT2D eigenvalue weighted by atomic mass is 10.0. The molecule has 0 saturated carbocycles. The van der Waals surface area contributed by atoms with Crippen molar-refractivity contribution in [3.63, 3.8) is 0 Å². The number of nitrogens with one attached hydrogen (secondary N) is 1. The van der Waals surface area contributed by atoms with Gasteiger partial charge >= 0.3 is 0 Å². The van der Waals surface area contributed by atoms with Crippen LogP contribution in [0.5, 0.6) is 0 Å². The molecular formula is C16H15NO. The van der Waals surface area contributed by atoms with Crippen LogP contribution in [0.15, 0.2) is 60.8 Å². The number of aromatic amines is 1. The Morgan fingerprint density at radius 1 is 0.944 bits per heavy atom. The second-order valence-electron chi connectivity index (χ2n) is 4.49. The summed E-state index contributed by atoms with van der Waals surface area (Å²) in [7, 11) is 0. The monoisotopic (exact) mass is 237 g/mol. The molecule has 18 heavy (non-hydrogen) atoms. The molecule has 0 fully saturated rings. The first-order chi connectivity index (χ1) is 8.84. The minimum atomic E-state index is -0.453. The lowest BCUT2D eigenvalue weighted by molar-refractivity contribution is 0.179. The number of aliphatic hydroxyl groups is 1. The van der Waals surface area contributed by atoms with Crippen molar-refractivity contribution in [2.24, 2.45) is 0 Å². The smallest absolute Gasteiger partial charge is 0.0831 e. The van der Waals surface area contributed by atoms with Crippen molar-refractivity contribution >= 4 is 10.9 Å². The predicted octanol–water partition coefficient (Wildman–Crippen LogP) is 3.44. The van der Waals surface area contributed by atoms with E-state index < -0.39 is 6.10 Å². The van der Waals surface area contributed by atoms with Crippen molar-refractivity contribution in [2.75, 3.05) is 0 Å². The average molecular weight is 237 g/mol. The zero-order valence-electron chi connectivity index (χ0n) is 10.0. The number of hydrogen-bond acceptors (Lipinski definition) is 1. The number of hydrogen-bond donors (Lipinski definition) is 2. The van der Waals surface area contributed by atoms with Crippen molar-refractivity contribution in [3.8, 4) is 0 Å². The molecule has 1 unspecified atom stereocenters. The molecule has 1 atom stereocenters. The number of fused-ring (bicyclic) bond motifs is 1. The van der Waals surface area contributed by atoms with Gasteiger partial charge in [-0.05, 0) is 17.2 Å². The van der Waals surface area contributed by atoms with Gasteiger partial charge in [0.2, 0.25) is 0 Å². The molecule has 0 saturated heterocycles. The maximum atomic E-state index is 10.2. The summed E-state index contributed by atoms with van der Waals surface area (Å²) in [6, 6.07) is 17.9. The minimum absolute atomic E-state index is 0.453. The van der Waals surface area contributed by atoms with E-state index in [4.69, 9.17) is 0 Å². The third-order valence-corrected chi connectivity index (χ3v) is 3.27. The fourth-order valence-electron chi connectivity index (χ4n) is 2.30. The van der Waals surface area contributed by atoms with Gasteiger partial charge in [-0.2, -0.15) is 0 Å². The number of rotatable bonds is 3. The Labute approximate surface area is 106 Å². The van der Waals surface area contributed by atoms with Gasteiger partial charge in [-0.1, -0.05) is 48.5 Å². The van der Waals surface area contributed by atoms with E-state index in [1.54, 1.807) is 0 Å².